The summed E-state index contributed by atoms with van der Waals surface area (Å²) in [5, 5.41) is 3.39. The van der Waals surface area contributed by atoms with Crippen molar-refractivity contribution in [1.82, 2.24) is 5.32 Å². The van der Waals surface area contributed by atoms with E-state index >= 15 is 0 Å². The van der Waals surface area contributed by atoms with Crippen molar-refractivity contribution in [2.24, 2.45) is 0 Å². The molecule has 0 heterocycles. The van der Waals surface area contributed by atoms with Crippen LogP contribution in [0.4, 0.5) is 4.39 Å². The van der Waals surface area contributed by atoms with E-state index in [9.17, 15) is 4.39 Å². The third kappa shape index (κ3) is 4.13. The minimum atomic E-state index is -0.222. The zero-order chi connectivity index (χ0) is 13.8. The van der Waals surface area contributed by atoms with Gasteiger partial charge in [0.1, 0.15) is 5.82 Å². The minimum absolute atomic E-state index is 0.192. The molecule has 0 aromatic heterocycles. The van der Waals surface area contributed by atoms with Crippen LogP contribution in [0.1, 0.15) is 24.1 Å². The van der Waals surface area contributed by atoms with Crippen molar-refractivity contribution in [2.45, 2.75) is 19.5 Å². The van der Waals surface area contributed by atoms with Crippen LogP contribution in [0, 0.1) is 5.82 Å². The van der Waals surface area contributed by atoms with Crippen molar-refractivity contribution < 1.29 is 4.39 Å². The number of nitrogens with one attached hydrogen (secondary N) is 1. The van der Waals surface area contributed by atoms with Crippen molar-refractivity contribution in [1.29, 1.82) is 0 Å². The van der Waals surface area contributed by atoms with Crippen LogP contribution in [-0.4, -0.2) is 0 Å². The highest BCUT2D eigenvalue weighted by molar-refractivity contribution is 9.10. The van der Waals surface area contributed by atoms with Crippen molar-refractivity contribution >= 4 is 31.9 Å². The lowest BCUT2D eigenvalue weighted by atomic mass is 10.1. The van der Waals surface area contributed by atoms with Gasteiger partial charge in [-0.1, -0.05) is 50.1 Å². The standard InChI is InChI=1S/C15H14Br2FN/c1-10(14-4-2-3-5-15(14)17)19-9-11-6-12(16)8-13(18)7-11/h2-8,10,19H,9H2,1H3/t10-/m0/s1. The topological polar surface area (TPSA) is 12.0 Å². The van der Waals surface area contributed by atoms with Crippen LogP contribution in [0.25, 0.3) is 0 Å². The quantitative estimate of drug-likeness (QED) is 0.761. The Hall–Kier alpha value is -0.710. The van der Waals surface area contributed by atoms with Crippen molar-refractivity contribution in [3.05, 3.63) is 68.4 Å². The van der Waals surface area contributed by atoms with Gasteiger partial charge in [0.05, 0.1) is 0 Å². The average molecular weight is 387 g/mol. The maximum absolute atomic E-state index is 13.3. The van der Waals surface area contributed by atoms with E-state index in [1.54, 1.807) is 6.07 Å². The normalized spacial score (nSPS) is 12.4. The van der Waals surface area contributed by atoms with Gasteiger partial charge in [-0.2, -0.15) is 0 Å². The molecule has 1 N–H and O–H groups in total. The first-order valence-corrected chi connectivity index (χ1v) is 7.57. The monoisotopic (exact) mass is 385 g/mol. The van der Waals surface area contributed by atoms with E-state index in [1.807, 2.05) is 24.3 Å². The summed E-state index contributed by atoms with van der Waals surface area (Å²) >= 11 is 6.84. The first kappa shape index (κ1) is 14.7. The van der Waals surface area contributed by atoms with Crippen LogP contribution in [0.5, 0.6) is 0 Å². The molecule has 0 saturated heterocycles. The van der Waals surface area contributed by atoms with E-state index in [2.05, 4.69) is 50.2 Å². The Balaban J connectivity index is 2.04. The van der Waals surface area contributed by atoms with Crippen LogP contribution in [-0.2, 0) is 6.54 Å². The molecule has 0 aliphatic rings. The second kappa shape index (κ2) is 6.64. The van der Waals surface area contributed by atoms with Crippen LogP contribution in [0.3, 0.4) is 0 Å². The second-order valence-corrected chi connectivity index (χ2v) is 6.17. The van der Waals surface area contributed by atoms with Crippen molar-refractivity contribution in [3.8, 4) is 0 Å². The molecule has 0 amide bonds. The lowest BCUT2D eigenvalue weighted by Crippen LogP contribution is -2.18. The molecular weight excluding hydrogens is 373 g/mol. The summed E-state index contributed by atoms with van der Waals surface area (Å²) in [5.74, 6) is -0.222. The van der Waals surface area contributed by atoms with Crippen LogP contribution in [0.15, 0.2) is 51.4 Å². The van der Waals surface area contributed by atoms with Crippen LogP contribution < -0.4 is 5.32 Å². The Morgan fingerprint density at radius 2 is 1.89 bits per heavy atom. The summed E-state index contributed by atoms with van der Waals surface area (Å²) in [5.41, 5.74) is 2.11. The first-order chi connectivity index (χ1) is 9.06. The highest BCUT2D eigenvalue weighted by Gasteiger charge is 2.08. The van der Waals surface area contributed by atoms with Crippen LogP contribution >= 0.6 is 31.9 Å². The lowest BCUT2D eigenvalue weighted by molar-refractivity contribution is 0.567. The Labute approximate surface area is 129 Å². The van der Waals surface area contributed by atoms with E-state index in [0.29, 0.717) is 6.54 Å². The van der Waals surface area contributed by atoms with Crippen molar-refractivity contribution in [2.75, 3.05) is 0 Å². The molecular formula is C15H14Br2FN. The minimum Gasteiger partial charge on any atom is -0.306 e. The molecule has 0 aliphatic carbocycles. The van der Waals surface area contributed by atoms with Gasteiger partial charge in [0.15, 0.2) is 0 Å². The van der Waals surface area contributed by atoms with E-state index in [4.69, 9.17) is 0 Å². The zero-order valence-electron chi connectivity index (χ0n) is 10.5. The SMILES string of the molecule is C[C@H](NCc1cc(F)cc(Br)c1)c1ccccc1Br. The van der Waals surface area contributed by atoms with Gasteiger partial charge in [0.25, 0.3) is 0 Å². The molecule has 2 aromatic rings. The molecule has 19 heavy (non-hydrogen) atoms. The highest BCUT2D eigenvalue weighted by Crippen LogP contribution is 2.23. The van der Waals surface area contributed by atoms with Gasteiger partial charge >= 0.3 is 0 Å². The lowest BCUT2D eigenvalue weighted by Gasteiger charge is -2.16. The fourth-order valence-electron chi connectivity index (χ4n) is 1.92. The zero-order valence-corrected chi connectivity index (χ0v) is 13.6. The maximum Gasteiger partial charge on any atom is 0.124 e. The van der Waals surface area contributed by atoms with E-state index < -0.39 is 0 Å². The highest BCUT2D eigenvalue weighted by atomic mass is 79.9. The summed E-state index contributed by atoms with van der Waals surface area (Å²) in [6, 6.07) is 13.2. The maximum atomic E-state index is 13.3. The van der Waals surface area contributed by atoms with Gasteiger partial charge in [-0.05, 0) is 42.3 Å². The summed E-state index contributed by atoms with van der Waals surface area (Å²) in [6.45, 7) is 2.72. The number of hydrogen-bond acceptors (Lipinski definition) is 1. The molecule has 0 unspecified atom stereocenters. The predicted molar refractivity (Wildman–Crippen MR) is 83.5 cm³/mol. The van der Waals surface area contributed by atoms with Crippen LogP contribution in [0.2, 0.25) is 0 Å². The fourth-order valence-corrected chi connectivity index (χ4v) is 3.06. The van der Waals surface area contributed by atoms with E-state index in [1.165, 1.54) is 11.6 Å². The van der Waals surface area contributed by atoms with Crippen molar-refractivity contribution in [3.63, 3.8) is 0 Å². The summed E-state index contributed by atoms with van der Waals surface area (Å²) in [6.07, 6.45) is 0. The Morgan fingerprint density at radius 1 is 1.16 bits per heavy atom. The molecule has 2 rings (SSSR count). The molecule has 0 fully saturated rings. The molecule has 0 spiro atoms. The van der Waals surface area contributed by atoms with Gasteiger partial charge in [-0.15, -0.1) is 0 Å². The van der Waals surface area contributed by atoms with E-state index in [0.717, 1.165) is 14.5 Å². The third-order valence-corrected chi connectivity index (χ3v) is 4.09. The Kier molecular flexibility index (Phi) is 5.13. The molecule has 0 bridgehead atoms. The molecule has 1 nitrogen and oxygen atoms in total. The predicted octanol–water partition coefficient (Wildman–Crippen LogP) is 5.20. The number of benzene rings is 2. The fraction of sp³-hybridized carbons (Fsp3) is 0.200. The van der Waals surface area contributed by atoms with Gasteiger partial charge < -0.3 is 5.32 Å². The smallest absolute Gasteiger partial charge is 0.124 e. The third-order valence-electron chi connectivity index (χ3n) is 2.91. The first-order valence-electron chi connectivity index (χ1n) is 5.99. The van der Waals surface area contributed by atoms with Gasteiger partial charge in [0.2, 0.25) is 0 Å². The number of hydrogen-bond donors (Lipinski definition) is 1. The largest absolute Gasteiger partial charge is 0.306 e. The summed E-state index contributed by atoms with van der Waals surface area (Å²) in [4.78, 5) is 0. The van der Waals surface area contributed by atoms with Gasteiger partial charge in [0, 0.05) is 21.5 Å². The molecule has 2 aromatic carbocycles. The molecule has 0 saturated carbocycles. The number of rotatable bonds is 4. The summed E-state index contributed by atoms with van der Waals surface area (Å²) < 4.78 is 15.1. The number of halogens is 3. The average Bonchev–Trinajstić information content (AvgIpc) is 2.35. The molecule has 0 aliphatic heterocycles. The van der Waals surface area contributed by atoms with E-state index in [-0.39, 0.29) is 11.9 Å². The second-order valence-electron chi connectivity index (χ2n) is 4.40. The molecule has 0 radical (unpaired) electrons. The summed E-state index contributed by atoms with van der Waals surface area (Å²) in [7, 11) is 0. The van der Waals surface area contributed by atoms with Gasteiger partial charge in [-0.25, -0.2) is 4.39 Å². The molecule has 100 valence electrons. The molecule has 1 atom stereocenters. The molecule has 4 heteroatoms. The Morgan fingerprint density at radius 3 is 2.58 bits per heavy atom. The Bertz CT molecular complexity index is 552. The van der Waals surface area contributed by atoms with Gasteiger partial charge in [-0.3, -0.25) is 0 Å².